The topological polar surface area (TPSA) is 66.5 Å². The van der Waals surface area contributed by atoms with Gasteiger partial charge in [0.05, 0.1) is 10.4 Å². The molecule has 1 N–H and O–H groups in total. The smallest absolute Gasteiger partial charge is 0.244 e. The third kappa shape index (κ3) is 3.03. The van der Waals surface area contributed by atoms with Gasteiger partial charge >= 0.3 is 0 Å². The van der Waals surface area contributed by atoms with Crippen molar-refractivity contribution in [2.45, 2.75) is 35.4 Å². The molecule has 0 radical (unpaired) electrons. The quantitative estimate of drug-likeness (QED) is 0.769. The summed E-state index contributed by atoms with van der Waals surface area (Å²) in [6.07, 6.45) is 2.01. The second-order valence-electron chi connectivity index (χ2n) is 6.42. The van der Waals surface area contributed by atoms with Crippen LogP contribution < -0.4 is 5.32 Å². The van der Waals surface area contributed by atoms with E-state index in [1.54, 1.807) is 13.0 Å². The van der Waals surface area contributed by atoms with Crippen LogP contribution in [0.15, 0.2) is 23.1 Å². The first kappa shape index (κ1) is 18.3. The summed E-state index contributed by atoms with van der Waals surface area (Å²) in [7, 11) is -3.67. The Morgan fingerprint density at radius 3 is 2.38 bits per heavy atom. The van der Waals surface area contributed by atoms with Crippen LogP contribution in [0.1, 0.15) is 26.2 Å². The zero-order valence-corrected chi connectivity index (χ0v) is 16.1. The lowest BCUT2D eigenvalue weighted by Gasteiger charge is -2.18. The van der Waals surface area contributed by atoms with Crippen molar-refractivity contribution in [2.75, 3.05) is 18.4 Å². The molecule has 1 aromatic carbocycles. The molecule has 2 aliphatic rings. The molecule has 1 saturated carbocycles. The molecule has 1 aliphatic heterocycles. The first-order valence-electron chi connectivity index (χ1n) is 7.57. The van der Waals surface area contributed by atoms with Crippen LogP contribution in [0.25, 0.3) is 0 Å². The summed E-state index contributed by atoms with van der Waals surface area (Å²) < 4.78 is 25.7. The van der Waals surface area contributed by atoms with E-state index in [1.807, 2.05) is 0 Å². The molecule has 0 bridgehead atoms. The van der Waals surface area contributed by atoms with Gasteiger partial charge in [-0.05, 0) is 44.4 Å². The van der Waals surface area contributed by atoms with Gasteiger partial charge in [0.2, 0.25) is 15.9 Å². The minimum Gasteiger partial charge on any atom is -0.325 e. The van der Waals surface area contributed by atoms with E-state index >= 15 is 0 Å². The number of rotatable bonds is 4. The van der Waals surface area contributed by atoms with Gasteiger partial charge in [-0.15, -0.1) is 23.2 Å². The first-order chi connectivity index (χ1) is 11.1. The molecule has 2 fully saturated rings. The molecule has 1 atom stereocenters. The standard InChI is InChI=1S/C15H17Cl3N2O3S/c1-14(9-15(14,17)18)13(21)19-10-4-5-11(16)12(8-10)24(22,23)20-6-2-3-7-20/h4-5,8H,2-3,6-7,9H2,1H3,(H,19,21). The van der Waals surface area contributed by atoms with Crippen LogP contribution >= 0.6 is 34.8 Å². The highest BCUT2D eigenvalue weighted by Crippen LogP contribution is 2.64. The predicted octanol–water partition coefficient (Wildman–Crippen LogP) is 3.65. The first-order valence-corrected chi connectivity index (χ1v) is 10.1. The maximum absolute atomic E-state index is 12.7. The molecule has 1 unspecified atom stereocenters. The maximum atomic E-state index is 12.7. The lowest BCUT2D eigenvalue weighted by molar-refractivity contribution is -0.120. The number of carbonyl (C=O) groups excluding carboxylic acids is 1. The molecule has 1 aliphatic carbocycles. The number of carbonyl (C=O) groups is 1. The highest BCUT2D eigenvalue weighted by molar-refractivity contribution is 7.89. The van der Waals surface area contributed by atoms with Crippen LogP contribution in [0, 0.1) is 5.41 Å². The fraction of sp³-hybridized carbons (Fsp3) is 0.533. The monoisotopic (exact) mass is 410 g/mol. The van der Waals surface area contributed by atoms with Crippen LogP contribution in [-0.4, -0.2) is 36.1 Å². The number of benzene rings is 1. The average Bonchev–Trinajstić information content (AvgIpc) is 2.90. The summed E-state index contributed by atoms with van der Waals surface area (Å²) in [5, 5.41) is 2.81. The fourth-order valence-electron chi connectivity index (χ4n) is 2.76. The summed E-state index contributed by atoms with van der Waals surface area (Å²) in [5.74, 6) is -0.348. The third-order valence-electron chi connectivity index (χ3n) is 4.63. The third-order valence-corrected chi connectivity index (χ3v) is 8.11. The summed E-state index contributed by atoms with van der Waals surface area (Å²) in [6, 6.07) is 4.40. The number of halogens is 3. The van der Waals surface area contributed by atoms with E-state index in [0.717, 1.165) is 12.8 Å². The molecule has 1 saturated heterocycles. The van der Waals surface area contributed by atoms with E-state index in [9.17, 15) is 13.2 Å². The number of nitrogens with zero attached hydrogens (tertiary/aromatic N) is 1. The Balaban J connectivity index is 1.86. The van der Waals surface area contributed by atoms with E-state index in [0.29, 0.717) is 25.2 Å². The molecule has 0 spiro atoms. The highest BCUT2D eigenvalue weighted by Gasteiger charge is 2.67. The van der Waals surface area contributed by atoms with Crippen molar-refractivity contribution < 1.29 is 13.2 Å². The van der Waals surface area contributed by atoms with Crippen molar-refractivity contribution in [1.82, 2.24) is 4.31 Å². The van der Waals surface area contributed by atoms with Crippen molar-refractivity contribution in [1.29, 1.82) is 0 Å². The molecule has 3 rings (SSSR count). The molecular weight excluding hydrogens is 395 g/mol. The SMILES string of the molecule is CC1(C(=O)Nc2ccc(Cl)c(S(=O)(=O)N3CCCC3)c2)CC1(Cl)Cl. The molecule has 1 aromatic rings. The lowest BCUT2D eigenvalue weighted by atomic mass is 10.1. The van der Waals surface area contributed by atoms with Crippen LogP contribution in [0.3, 0.4) is 0 Å². The fourth-order valence-corrected chi connectivity index (χ4v) is 5.49. The van der Waals surface area contributed by atoms with Gasteiger partial charge in [0.25, 0.3) is 0 Å². The number of anilines is 1. The summed E-state index contributed by atoms with van der Waals surface area (Å²) in [4.78, 5) is 12.3. The van der Waals surface area contributed by atoms with Gasteiger partial charge in [-0.2, -0.15) is 4.31 Å². The minimum atomic E-state index is -3.67. The Labute approximate surface area is 156 Å². The molecule has 24 heavy (non-hydrogen) atoms. The highest BCUT2D eigenvalue weighted by atomic mass is 35.5. The van der Waals surface area contributed by atoms with Crippen molar-refractivity contribution >= 4 is 56.4 Å². The second-order valence-corrected chi connectivity index (χ2v) is 10.2. The molecule has 0 aromatic heterocycles. The Morgan fingerprint density at radius 2 is 1.83 bits per heavy atom. The van der Waals surface area contributed by atoms with E-state index in [2.05, 4.69) is 5.32 Å². The molecule has 1 heterocycles. The van der Waals surface area contributed by atoms with Gasteiger partial charge in [-0.1, -0.05) is 11.6 Å². The normalized spacial score (nSPS) is 26.3. The van der Waals surface area contributed by atoms with E-state index < -0.39 is 19.8 Å². The van der Waals surface area contributed by atoms with Gasteiger partial charge in [-0.3, -0.25) is 4.79 Å². The second kappa shape index (κ2) is 6.02. The predicted molar refractivity (Wildman–Crippen MR) is 95.2 cm³/mol. The minimum absolute atomic E-state index is 0.00664. The molecule has 132 valence electrons. The Bertz CT molecular complexity index is 791. The zero-order chi connectivity index (χ0) is 17.8. The van der Waals surface area contributed by atoms with Gasteiger partial charge in [-0.25, -0.2) is 8.42 Å². The Hall–Kier alpha value is -0.530. The van der Waals surface area contributed by atoms with Crippen LogP contribution in [0.2, 0.25) is 5.02 Å². The summed E-state index contributed by atoms with van der Waals surface area (Å²) >= 11 is 18.1. The van der Waals surface area contributed by atoms with E-state index in [-0.39, 0.29) is 15.8 Å². The van der Waals surface area contributed by atoms with Gasteiger partial charge in [0, 0.05) is 18.8 Å². The van der Waals surface area contributed by atoms with Crippen LogP contribution in [0.4, 0.5) is 5.69 Å². The molecule has 9 heteroatoms. The molecule has 1 amide bonds. The van der Waals surface area contributed by atoms with Gasteiger partial charge < -0.3 is 5.32 Å². The van der Waals surface area contributed by atoms with Gasteiger partial charge in [0.1, 0.15) is 9.23 Å². The van der Waals surface area contributed by atoms with Crippen molar-refractivity contribution in [2.24, 2.45) is 5.41 Å². The zero-order valence-electron chi connectivity index (χ0n) is 13.0. The molecular formula is C15H17Cl3N2O3S. The lowest BCUT2D eigenvalue weighted by Crippen LogP contribution is -2.29. The van der Waals surface area contributed by atoms with Crippen LogP contribution in [-0.2, 0) is 14.8 Å². The number of hydrogen-bond acceptors (Lipinski definition) is 3. The Kier molecular flexibility index (Phi) is 4.58. The maximum Gasteiger partial charge on any atom is 0.244 e. The largest absolute Gasteiger partial charge is 0.325 e. The van der Waals surface area contributed by atoms with Crippen molar-refractivity contribution in [3.63, 3.8) is 0 Å². The molecule has 5 nitrogen and oxygen atoms in total. The summed E-state index contributed by atoms with van der Waals surface area (Å²) in [5.41, 5.74) is -0.538. The van der Waals surface area contributed by atoms with Crippen molar-refractivity contribution in [3.8, 4) is 0 Å². The van der Waals surface area contributed by atoms with Crippen molar-refractivity contribution in [3.05, 3.63) is 23.2 Å². The number of hydrogen-bond donors (Lipinski definition) is 1. The van der Waals surface area contributed by atoms with E-state index in [1.165, 1.54) is 16.4 Å². The summed E-state index contributed by atoms with van der Waals surface area (Å²) in [6.45, 7) is 2.63. The van der Waals surface area contributed by atoms with Gasteiger partial charge in [0.15, 0.2) is 0 Å². The number of nitrogens with one attached hydrogen (secondary N) is 1. The average molecular weight is 412 g/mol. The number of sulfonamides is 1. The number of alkyl halides is 2. The Morgan fingerprint density at radius 1 is 1.25 bits per heavy atom. The van der Waals surface area contributed by atoms with E-state index in [4.69, 9.17) is 34.8 Å². The van der Waals surface area contributed by atoms with Crippen LogP contribution in [0.5, 0.6) is 0 Å². The number of amides is 1.